The molecular formula is C18H18ClN3O5. The van der Waals surface area contributed by atoms with E-state index >= 15 is 0 Å². The van der Waals surface area contributed by atoms with Gasteiger partial charge in [0.25, 0.3) is 11.6 Å². The summed E-state index contributed by atoms with van der Waals surface area (Å²) in [5, 5.41) is 14.4. The van der Waals surface area contributed by atoms with Gasteiger partial charge in [-0.1, -0.05) is 23.7 Å². The zero-order chi connectivity index (χ0) is 20.0. The van der Waals surface area contributed by atoms with Crippen LogP contribution in [0, 0.1) is 10.1 Å². The van der Waals surface area contributed by atoms with Crippen molar-refractivity contribution < 1.29 is 19.2 Å². The van der Waals surface area contributed by atoms with E-state index in [1.807, 2.05) is 0 Å². The lowest BCUT2D eigenvalue weighted by molar-refractivity contribution is -0.384. The van der Waals surface area contributed by atoms with Crippen LogP contribution < -0.4 is 10.2 Å². The van der Waals surface area contributed by atoms with Crippen molar-refractivity contribution in [1.82, 2.24) is 5.32 Å². The Bertz CT molecular complexity index is 853. The fraction of sp³-hybridized carbons (Fsp3) is 0.222. The maximum absolute atomic E-state index is 12.1. The number of halogens is 1. The minimum absolute atomic E-state index is 0.00204. The van der Waals surface area contributed by atoms with Crippen LogP contribution in [0.2, 0.25) is 5.02 Å². The summed E-state index contributed by atoms with van der Waals surface area (Å²) in [6.07, 6.45) is 0. The number of ether oxygens (including phenoxy) is 1. The summed E-state index contributed by atoms with van der Waals surface area (Å²) in [4.78, 5) is 36.0. The molecule has 0 aromatic heterocycles. The predicted octanol–water partition coefficient (Wildman–Crippen LogP) is 2.79. The van der Waals surface area contributed by atoms with Crippen molar-refractivity contribution >= 4 is 34.9 Å². The number of hydrogen-bond acceptors (Lipinski definition) is 6. The predicted molar refractivity (Wildman–Crippen MR) is 101 cm³/mol. The van der Waals surface area contributed by atoms with Gasteiger partial charge in [-0.3, -0.25) is 14.9 Å². The van der Waals surface area contributed by atoms with E-state index in [-0.39, 0.29) is 17.8 Å². The van der Waals surface area contributed by atoms with E-state index in [9.17, 15) is 19.7 Å². The number of nitrogens with one attached hydrogen (secondary N) is 1. The summed E-state index contributed by atoms with van der Waals surface area (Å²) in [6.45, 7) is -0.230. The van der Waals surface area contributed by atoms with Gasteiger partial charge in [0.2, 0.25) is 0 Å². The first-order chi connectivity index (χ1) is 12.8. The second-order valence-electron chi connectivity index (χ2n) is 5.83. The van der Waals surface area contributed by atoms with Crippen LogP contribution in [-0.2, 0) is 16.1 Å². The van der Waals surface area contributed by atoms with E-state index in [1.165, 1.54) is 12.1 Å². The molecule has 0 aliphatic rings. The molecule has 142 valence electrons. The van der Waals surface area contributed by atoms with Crippen LogP contribution in [0.1, 0.15) is 15.9 Å². The Morgan fingerprint density at radius 1 is 1.19 bits per heavy atom. The number of benzene rings is 2. The Morgan fingerprint density at radius 3 is 2.44 bits per heavy atom. The molecule has 0 saturated heterocycles. The molecule has 0 fully saturated rings. The molecule has 8 nitrogen and oxygen atoms in total. The SMILES string of the molecule is CN(C)c1ccc(C(=O)OCC(=O)NCc2ccc(Cl)cc2)cc1[N+](=O)[O-]. The van der Waals surface area contributed by atoms with Gasteiger partial charge in [-0.25, -0.2) is 4.79 Å². The maximum atomic E-state index is 12.1. The van der Waals surface area contributed by atoms with Gasteiger partial charge >= 0.3 is 5.97 Å². The largest absolute Gasteiger partial charge is 0.452 e. The summed E-state index contributed by atoms with van der Waals surface area (Å²) >= 11 is 5.79. The molecule has 0 bridgehead atoms. The number of amides is 1. The van der Waals surface area contributed by atoms with Gasteiger partial charge in [0.05, 0.1) is 10.5 Å². The van der Waals surface area contributed by atoms with Gasteiger partial charge in [-0.05, 0) is 29.8 Å². The highest BCUT2D eigenvalue weighted by Crippen LogP contribution is 2.27. The van der Waals surface area contributed by atoms with Crippen LogP contribution in [0.15, 0.2) is 42.5 Å². The molecule has 0 atom stereocenters. The van der Waals surface area contributed by atoms with Crippen LogP contribution in [0.25, 0.3) is 0 Å². The van der Waals surface area contributed by atoms with E-state index in [1.54, 1.807) is 43.3 Å². The average Bonchev–Trinajstić information content (AvgIpc) is 2.64. The average molecular weight is 392 g/mol. The molecule has 1 N–H and O–H groups in total. The smallest absolute Gasteiger partial charge is 0.338 e. The Morgan fingerprint density at radius 2 is 1.85 bits per heavy atom. The Kier molecular flexibility index (Phi) is 6.73. The quantitative estimate of drug-likeness (QED) is 0.442. The van der Waals surface area contributed by atoms with Crippen molar-refractivity contribution in [2.24, 2.45) is 0 Å². The minimum atomic E-state index is -0.815. The van der Waals surface area contributed by atoms with Crippen molar-refractivity contribution in [3.05, 3.63) is 68.7 Å². The molecule has 0 aliphatic heterocycles. The first-order valence-corrected chi connectivity index (χ1v) is 8.29. The van der Waals surface area contributed by atoms with E-state index in [2.05, 4.69) is 5.32 Å². The number of nitro groups is 1. The summed E-state index contributed by atoms with van der Waals surface area (Å²) in [6, 6.07) is 10.9. The molecule has 2 aromatic carbocycles. The van der Waals surface area contributed by atoms with E-state index in [0.29, 0.717) is 10.7 Å². The van der Waals surface area contributed by atoms with Crippen molar-refractivity contribution in [1.29, 1.82) is 0 Å². The van der Waals surface area contributed by atoms with Crippen molar-refractivity contribution in [2.45, 2.75) is 6.54 Å². The number of carbonyl (C=O) groups is 2. The van der Waals surface area contributed by atoms with Crippen LogP contribution in [0.4, 0.5) is 11.4 Å². The molecule has 2 rings (SSSR count). The van der Waals surface area contributed by atoms with Gasteiger partial charge < -0.3 is 15.0 Å². The number of anilines is 1. The highest BCUT2D eigenvalue weighted by molar-refractivity contribution is 6.30. The van der Waals surface area contributed by atoms with Crippen LogP contribution in [0.3, 0.4) is 0 Å². The van der Waals surface area contributed by atoms with Crippen molar-refractivity contribution in [3.8, 4) is 0 Å². The van der Waals surface area contributed by atoms with Crippen LogP contribution >= 0.6 is 11.6 Å². The van der Waals surface area contributed by atoms with Gasteiger partial charge in [-0.15, -0.1) is 0 Å². The minimum Gasteiger partial charge on any atom is -0.452 e. The molecule has 0 aliphatic carbocycles. The molecule has 0 radical (unpaired) electrons. The third kappa shape index (κ3) is 5.68. The number of rotatable bonds is 7. The molecule has 0 saturated carbocycles. The van der Waals surface area contributed by atoms with Gasteiger partial charge in [0, 0.05) is 31.7 Å². The fourth-order valence-electron chi connectivity index (χ4n) is 2.24. The molecule has 0 spiro atoms. The van der Waals surface area contributed by atoms with E-state index in [0.717, 1.165) is 11.6 Å². The van der Waals surface area contributed by atoms with E-state index in [4.69, 9.17) is 16.3 Å². The Labute approximate surface area is 160 Å². The zero-order valence-electron chi connectivity index (χ0n) is 14.8. The highest BCUT2D eigenvalue weighted by atomic mass is 35.5. The monoisotopic (exact) mass is 391 g/mol. The lowest BCUT2D eigenvalue weighted by Gasteiger charge is -2.13. The Balaban J connectivity index is 1.92. The van der Waals surface area contributed by atoms with Crippen molar-refractivity contribution in [3.63, 3.8) is 0 Å². The summed E-state index contributed by atoms with van der Waals surface area (Å²) in [7, 11) is 3.32. The number of nitro benzene ring substituents is 1. The van der Waals surface area contributed by atoms with Gasteiger partial charge in [0.15, 0.2) is 6.61 Å². The molecule has 0 unspecified atom stereocenters. The third-order valence-electron chi connectivity index (χ3n) is 3.63. The van der Waals surface area contributed by atoms with Gasteiger partial charge in [-0.2, -0.15) is 0 Å². The normalized spacial score (nSPS) is 10.2. The van der Waals surface area contributed by atoms with E-state index < -0.39 is 23.4 Å². The summed E-state index contributed by atoms with van der Waals surface area (Å²) in [5.41, 5.74) is 0.977. The molecule has 1 amide bonds. The maximum Gasteiger partial charge on any atom is 0.338 e. The Hall–Kier alpha value is -3.13. The lowest BCUT2D eigenvalue weighted by atomic mass is 10.1. The first-order valence-electron chi connectivity index (χ1n) is 7.92. The fourth-order valence-corrected chi connectivity index (χ4v) is 2.37. The number of hydrogen-bond donors (Lipinski definition) is 1. The summed E-state index contributed by atoms with van der Waals surface area (Å²) < 4.78 is 4.92. The molecule has 2 aromatic rings. The number of carbonyl (C=O) groups excluding carboxylic acids is 2. The second-order valence-corrected chi connectivity index (χ2v) is 6.27. The number of esters is 1. The van der Waals surface area contributed by atoms with Crippen LogP contribution in [0.5, 0.6) is 0 Å². The molecule has 27 heavy (non-hydrogen) atoms. The lowest BCUT2D eigenvalue weighted by Crippen LogP contribution is -2.28. The number of nitrogens with zero attached hydrogens (tertiary/aromatic N) is 2. The summed E-state index contributed by atoms with van der Waals surface area (Å²) in [5.74, 6) is -1.30. The molecule has 0 heterocycles. The topological polar surface area (TPSA) is 102 Å². The van der Waals surface area contributed by atoms with Crippen molar-refractivity contribution in [2.75, 3.05) is 25.6 Å². The highest BCUT2D eigenvalue weighted by Gasteiger charge is 2.20. The second kappa shape index (κ2) is 9.00. The standard InChI is InChI=1S/C18H18ClN3O5/c1-21(2)15-8-5-13(9-16(15)22(25)26)18(24)27-11-17(23)20-10-12-3-6-14(19)7-4-12/h3-9H,10-11H2,1-2H3,(H,20,23). The first kappa shape index (κ1) is 20.2. The van der Waals surface area contributed by atoms with Gasteiger partial charge in [0.1, 0.15) is 5.69 Å². The van der Waals surface area contributed by atoms with Crippen LogP contribution in [-0.4, -0.2) is 37.5 Å². The zero-order valence-corrected chi connectivity index (χ0v) is 15.5. The third-order valence-corrected chi connectivity index (χ3v) is 3.88. The molecule has 9 heteroatoms. The molecular weight excluding hydrogens is 374 g/mol.